The van der Waals surface area contributed by atoms with Gasteiger partial charge in [0.25, 0.3) is 0 Å². The van der Waals surface area contributed by atoms with Crippen molar-refractivity contribution in [2.24, 2.45) is 5.92 Å². The lowest BCUT2D eigenvalue weighted by Gasteiger charge is -2.33. The maximum atomic E-state index is 12.7. The summed E-state index contributed by atoms with van der Waals surface area (Å²) in [6.07, 6.45) is -2.73. The van der Waals surface area contributed by atoms with Crippen LogP contribution in [0.15, 0.2) is 28.7 Å². The molecule has 0 atom stereocenters. The van der Waals surface area contributed by atoms with Crippen LogP contribution in [0.4, 0.5) is 13.2 Å². The van der Waals surface area contributed by atoms with Gasteiger partial charge in [-0.25, -0.2) is 4.98 Å². The average molecular weight is 423 g/mol. The molecule has 164 valence electrons. The lowest BCUT2D eigenvalue weighted by atomic mass is 9.95. The molecule has 5 nitrogen and oxygen atoms in total. The Labute approximate surface area is 174 Å². The Balaban J connectivity index is 1.61. The number of oxazole rings is 1. The van der Waals surface area contributed by atoms with Gasteiger partial charge in [0.05, 0.1) is 11.3 Å². The predicted octanol–water partition coefficient (Wildman–Crippen LogP) is 4.75. The van der Waals surface area contributed by atoms with Gasteiger partial charge in [-0.15, -0.1) is 0 Å². The van der Waals surface area contributed by atoms with Crippen LogP contribution in [0.1, 0.15) is 43.7 Å². The molecule has 0 radical (unpaired) electrons. The van der Waals surface area contributed by atoms with Gasteiger partial charge in [-0.3, -0.25) is 9.69 Å². The van der Waals surface area contributed by atoms with Crippen molar-refractivity contribution in [2.45, 2.75) is 46.3 Å². The Morgan fingerprint density at radius 1 is 1.17 bits per heavy atom. The quantitative estimate of drug-likeness (QED) is 0.673. The van der Waals surface area contributed by atoms with Gasteiger partial charge in [0.2, 0.25) is 11.8 Å². The molecule has 1 amide bonds. The van der Waals surface area contributed by atoms with E-state index in [1.165, 1.54) is 12.1 Å². The van der Waals surface area contributed by atoms with Gasteiger partial charge in [0, 0.05) is 31.1 Å². The molecular weight excluding hydrogens is 395 g/mol. The topological polar surface area (TPSA) is 49.6 Å². The number of hydrogen-bond acceptors (Lipinski definition) is 4. The Hall–Kier alpha value is -2.35. The molecule has 0 aliphatic carbocycles. The van der Waals surface area contributed by atoms with Crippen molar-refractivity contribution in [3.63, 3.8) is 0 Å². The summed E-state index contributed by atoms with van der Waals surface area (Å²) in [5.74, 6) is 1.29. The van der Waals surface area contributed by atoms with E-state index in [4.69, 9.17) is 4.42 Å². The van der Waals surface area contributed by atoms with Gasteiger partial charge in [-0.2, -0.15) is 13.2 Å². The smallest absolute Gasteiger partial charge is 0.416 e. The van der Waals surface area contributed by atoms with E-state index in [-0.39, 0.29) is 11.8 Å². The fourth-order valence-electron chi connectivity index (χ4n) is 3.84. The molecule has 0 unspecified atom stereocenters. The number of halogens is 3. The zero-order valence-electron chi connectivity index (χ0n) is 17.6. The second-order valence-electron chi connectivity index (χ2n) is 7.66. The first-order chi connectivity index (χ1) is 14.2. The van der Waals surface area contributed by atoms with E-state index in [0.717, 1.165) is 56.8 Å². The van der Waals surface area contributed by atoms with E-state index in [1.807, 2.05) is 25.7 Å². The van der Waals surface area contributed by atoms with E-state index in [9.17, 15) is 18.0 Å². The summed E-state index contributed by atoms with van der Waals surface area (Å²) in [5.41, 5.74) is 0.594. The number of hydrogen-bond donors (Lipinski definition) is 0. The summed E-state index contributed by atoms with van der Waals surface area (Å²) in [6, 6.07) is 4.82. The molecule has 2 aromatic rings. The predicted molar refractivity (Wildman–Crippen MR) is 108 cm³/mol. The van der Waals surface area contributed by atoms with E-state index in [1.54, 1.807) is 0 Å². The lowest BCUT2D eigenvalue weighted by Crippen LogP contribution is -2.42. The maximum absolute atomic E-state index is 12.7. The summed E-state index contributed by atoms with van der Waals surface area (Å²) in [4.78, 5) is 21.2. The highest BCUT2D eigenvalue weighted by Gasteiger charge is 2.30. The Morgan fingerprint density at radius 3 is 2.30 bits per heavy atom. The molecule has 8 heteroatoms. The van der Waals surface area contributed by atoms with Gasteiger partial charge in [0.15, 0.2) is 0 Å². The first-order valence-corrected chi connectivity index (χ1v) is 10.4. The van der Waals surface area contributed by atoms with Crippen molar-refractivity contribution < 1.29 is 22.4 Å². The number of nitrogens with zero attached hydrogens (tertiary/aromatic N) is 3. The van der Waals surface area contributed by atoms with Crippen LogP contribution in [0, 0.1) is 12.8 Å². The summed E-state index contributed by atoms with van der Waals surface area (Å²) in [7, 11) is 0. The van der Waals surface area contributed by atoms with E-state index >= 15 is 0 Å². The molecular formula is C22H28F3N3O2. The molecule has 1 saturated heterocycles. The minimum absolute atomic E-state index is 0.0715. The zero-order valence-corrected chi connectivity index (χ0v) is 17.6. The Kier molecular flexibility index (Phi) is 6.85. The molecule has 2 heterocycles. The number of aryl methyl sites for hydroxylation is 1. The van der Waals surface area contributed by atoms with Crippen LogP contribution in [0.2, 0.25) is 0 Å². The van der Waals surface area contributed by atoms with Crippen LogP contribution < -0.4 is 0 Å². The molecule has 0 bridgehead atoms. The Morgan fingerprint density at radius 2 is 1.77 bits per heavy atom. The summed E-state index contributed by atoms with van der Waals surface area (Å²) < 4.78 is 43.9. The van der Waals surface area contributed by atoms with E-state index in [2.05, 4.69) is 9.88 Å². The summed E-state index contributed by atoms with van der Waals surface area (Å²) >= 11 is 0. The van der Waals surface area contributed by atoms with Gasteiger partial charge in [-0.1, -0.05) is 0 Å². The summed E-state index contributed by atoms with van der Waals surface area (Å²) in [5, 5.41) is 0. The van der Waals surface area contributed by atoms with Crippen molar-refractivity contribution in [2.75, 3.05) is 26.2 Å². The first-order valence-electron chi connectivity index (χ1n) is 10.4. The third-order valence-electron chi connectivity index (χ3n) is 5.74. The van der Waals surface area contributed by atoms with E-state index in [0.29, 0.717) is 23.8 Å². The van der Waals surface area contributed by atoms with Crippen LogP contribution in [0.25, 0.3) is 11.5 Å². The number of amides is 1. The number of alkyl halides is 3. The monoisotopic (exact) mass is 423 g/mol. The molecule has 30 heavy (non-hydrogen) atoms. The molecule has 0 N–H and O–H groups in total. The minimum atomic E-state index is -4.37. The third kappa shape index (κ3) is 5.03. The van der Waals surface area contributed by atoms with Crippen LogP contribution >= 0.6 is 0 Å². The fraction of sp³-hybridized carbons (Fsp3) is 0.545. The SMILES string of the molecule is CCN(CC)C(=O)C1CCN(Cc2nc(-c3ccc(C(F)(F)F)cc3)oc2C)CC1. The number of rotatable bonds is 6. The van der Waals surface area contributed by atoms with Crippen molar-refractivity contribution in [3.8, 4) is 11.5 Å². The number of carbonyl (C=O) groups excluding carboxylic acids is 1. The molecule has 1 fully saturated rings. The van der Waals surface area contributed by atoms with Crippen LogP contribution in [0.3, 0.4) is 0 Å². The van der Waals surface area contributed by atoms with Gasteiger partial charge in [-0.05, 0) is 71.0 Å². The Bertz CT molecular complexity index is 850. The van der Waals surface area contributed by atoms with Crippen molar-refractivity contribution in [3.05, 3.63) is 41.3 Å². The first kappa shape index (κ1) is 22.3. The van der Waals surface area contributed by atoms with E-state index < -0.39 is 11.7 Å². The molecule has 1 aromatic carbocycles. The third-order valence-corrected chi connectivity index (χ3v) is 5.74. The number of benzene rings is 1. The zero-order chi connectivity index (χ0) is 21.9. The fourth-order valence-corrected chi connectivity index (χ4v) is 3.84. The van der Waals surface area contributed by atoms with Crippen molar-refractivity contribution in [1.82, 2.24) is 14.8 Å². The van der Waals surface area contributed by atoms with Gasteiger partial charge >= 0.3 is 6.18 Å². The highest BCUT2D eigenvalue weighted by molar-refractivity contribution is 5.78. The standard InChI is InChI=1S/C22H28F3N3O2/c1-4-28(5-2)21(29)17-10-12-27(13-11-17)14-19-15(3)30-20(26-19)16-6-8-18(9-7-16)22(23,24)25/h6-9,17H,4-5,10-14H2,1-3H3. The summed E-state index contributed by atoms with van der Waals surface area (Å²) in [6.45, 7) is 9.49. The minimum Gasteiger partial charge on any atom is -0.441 e. The highest BCUT2D eigenvalue weighted by atomic mass is 19.4. The molecule has 1 aromatic heterocycles. The maximum Gasteiger partial charge on any atom is 0.416 e. The normalized spacial score (nSPS) is 16.1. The number of piperidine rings is 1. The lowest BCUT2D eigenvalue weighted by molar-refractivity contribution is -0.138. The second-order valence-corrected chi connectivity index (χ2v) is 7.66. The van der Waals surface area contributed by atoms with Crippen LogP contribution in [0.5, 0.6) is 0 Å². The number of carbonyl (C=O) groups is 1. The van der Waals surface area contributed by atoms with Crippen molar-refractivity contribution in [1.29, 1.82) is 0 Å². The molecule has 3 rings (SSSR count). The van der Waals surface area contributed by atoms with Gasteiger partial charge < -0.3 is 9.32 Å². The van der Waals surface area contributed by atoms with Crippen molar-refractivity contribution >= 4 is 5.91 Å². The molecule has 0 saturated carbocycles. The van der Waals surface area contributed by atoms with Crippen LogP contribution in [-0.2, 0) is 17.5 Å². The van der Waals surface area contributed by atoms with Gasteiger partial charge in [0.1, 0.15) is 5.76 Å². The molecule has 0 spiro atoms. The number of likely N-dealkylation sites (tertiary alicyclic amines) is 1. The largest absolute Gasteiger partial charge is 0.441 e. The second kappa shape index (κ2) is 9.20. The average Bonchev–Trinajstić information content (AvgIpc) is 3.09. The van der Waals surface area contributed by atoms with Crippen LogP contribution in [-0.4, -0.2) is 46.9 Å². The molecule has 1 aliphatic rings. The molecule has 1 aliphatic heterocycles. The number of aromatic nitrogens is 1. The highest BCUT2D eigenvalue weighted by Crippen LogP contribution is 2.31.